The van der Waals surface area contributed by atoms with E-state index in [-0.39, 0.29) is 0 Å². The van der Waals surface area contributed by atoms with E-state index in [4.69, 9.17) is 20.1 Å². The van der Waals surface area contributed by atoms with Crippen molar-refractivity contribution in [2.75, 3.05) is 6.61 Å². The van der Waals surface area contributed by atoms with Gasteiger partial charge in [0.1, 0.15) is 24.4 Å². The van der Waals surface area contributed by atoms with E-state index in [1.807, 2.05) is 0 Å². The van der Waals surface area contributed by atoms with Crippen LogP contribution in [0, 0.1) is 0 Å². The quantitative estimate of drug-likeness (QED) is 0.305. The minimum Gasteiger partial charge on any atom is -0.478 e. The predicted octanol–water partition coefficient (Wildman–Crippen LogP) is -3.21. The molecule has 0 aliphatic carbocycles. The van der Waals surface area contributed by atoms with E-state index in [2.05, 4.69) is 0 Å². The van der Waals surface area contributed by atoms with Crippen LogP contribution in [0.2, 0.25) is 0 Å². The van der Waals surface area contributed by atoms with Crippen LogP contribution < -0.4 is 0 Å². The third-order valence-electron chi connectivity index (χ3n) is 2.40. The van der Waals surface area contributed by atoms with Crippen molar-refractivity contribution in [2.24, 2.45) is 0 Å². The molecule has 0 spiro atoms. The molecule has 5 atom stereocenters. The second-order valence-electron chi connectivity index (χ2n) is 3.64. The number of aliphatic hydroxyl groups excluding tert-OH is 5. The number of carboxylic acids is 1. The Morgan fingerprint density at radius 1 is 1.41 bits per heavy atom. The van der Waals surface area contributed by atoms with Gasteiger partial charge in [-0.05, 0) is 6.08 Å². The molecule has 1 heterocycles. The number of aliphatic hydroxyl groups is 5. The maximum atomic E-state index is 10.6. The van der Waals surface area contributed by atoms with Crippen LogP contribution in [-0.4, -0.2) is 73.7 Å². The molecule has 0 fully saturated rings. The molecule has 1 aliphatic rings. The summed E-state index contributed by atoms with van der Waals surface area (Å²) in [4.78, 5) is 10.6. The summed E-state index contributed by atoms with van der Waals surface area (Å²) in [7, 11) is 0. The number of carbonyl (C=O) groups is 1. The first kappa shape index (κ1) is 13.9. The van der Waals surface area contributed by atoms with Gasteiger partial charge in [0.05, 0.1) is 6.61 Å². The van der Waals surface area contributed by atoms with Gasteiger partial charge in [-0.25, -0.2) is 4.79 Å². The third kappa shape index (κ3) is 2.93. The normalized spacial score (nSPS) is 32.3. The van der Waals surface area contributed by atoms with Crippen molar-refractivity contribution < 1.29 is 40.2 Å². The van der Waals surface area contributed by atoms with Gasteiger partial charge < -0.3 is 35.4 Å². The zero-order chi connectivity index (χ0) is 13.2. The third-order valence-corrected chi connectivity index (χ3v) is 2.40. The molecule has 1 aliphatic heterocycles. The van der Waals surface area contributed by atoms with E-state index in [1.54, 1.807) is 0 Å². The van der Waals surface area contributed by atoms with Crippen molar-refractivity contribution >= 4 is 5.97 Å². The zero-order valence-electron chi connectivity index (χ0n) is 8.67. The lowest BCUT2D eigenvalue weighted by Crippen LogP contribution is -2.53. The van der Waals surface area contributed by atoms with E-state index in [0.29, 0.717) is 0 Å². The van der Waals surface area contributed by atoms with Crippen LogP contribution in [-0.2, 0) is 9.53 Å². The van der Waals surface area contributed by atoms with E-state index >= 15 is 0 Å². The van der Waals surface area contributed by atoms with Crippen LogP contribution in [0.4, 0.5) is 0 Å². The van der Waals surface area contributed by atoms with Crippen LogP contribution in [0.1, 0.15) is 0 Å². The summed E-state index contributed by atoms with van der Waals surface area (Å²) < 4.78 is 4.75. The number of ether oxygens (including phenoxy) is 1. The molecule has 0 saturated heterocycles. The average Bonchev–Trinajstić information content (AvgIpc) is 2.30. The van der Waals surface area contributed by atoms with Crippen molar-refractivity contribution in [1.82, 2.24) is 0 Å². The van der Waals surface area contributed by atoms with Gasteiger partial charge in [-0.2, -0.15) is 0 Å². The second-order valence-corrected chi connectivity index (χ2v) is 3.64. The van der Waals surface area contributed by atoms with Crippen LogP contribution in [0.15, 0.2) is 11.8 Å². The van der Waals surface area contributed by atoms with E-state index in [9.17, 15) is 20.1 Å². The first-order valence-electron chi connectivity index (χ1n) is 4.83. The summed E-state index contributed by atoms with van der Waals surface area (Å²) >= 11 is 0. The fraction of sp³-hybridized carbons (Fsp3) is 0.667. The Kier molecular flexibility index (Phi) is 4.43. The number of carboxylic acid groups (broad SMARTS) is 1. The van der Waals surface area contributed by atoms with Gasteiger partial charge in [-0.15, -0.1) is 0 Å². The SMILES string of the molecule is O=C(O)C1=CC(O)C(O)C([C@@H](O)[C@@H](O)CO)O1. The van der Waals surface area contributed by atoms with Crippen molar-refractivity contribution in [2.45, 2.75) is 30.5 Å². The minimum absolute atomic E-state index is 0.642. The molecule has 1 rings (SSSR count). The van der Waals surface area contributed by atoms with Gasteiger partial charge in [0.2, 0.25) is 5.76 Å². The molecular weight excluding hydrogens is 236 g/mol. The Morgan fingerprint density at radius 3 is 2.47 bits per heavy atom. The molecule has 0 radical (unpaired) electrons. The Balaban J connectivity index is 2.87. The Hall–Kier alpha value is -1.19. The predicted molar refractivity (Wildman–Crippen MR) is 51.7 cm³/mol. The molecule has 3 unspecified atom stereocenters. The summed E-state index contributed by atoms with van der Waals surface area (Å²) in [5.41, 5.74) is 0. The van der Waals surface area contributed by atoms with E-state index in [0.717, 1.165) is 6.08 Å². The molecular formula is C9H14O8. The van der Waals surface area contributed by atoms with Crippen LogP contribution in [0.25, 0.3) is 0 Å². The highest BCUT2D eigenvalue weighted by Crippen LogP contribution is 2.22. The molecule has 0 aromatic rings. The lowest BCUT2D eigenvalue weighted by Gasteiger charge is -2.34. The largest absolute Gasteiger partial charge is 0.478 e. The van der Waals surface area contributed by atoms with Gasteiger partial charge in [0.15, 0.2) is 6.10 Å². The lowest BCUT2D eigenvalue weighted by atomic mass is 9.96. The Labute approximate surface area is 96.0 Å². The Morgan fingerprint density at radius 2 is 2.00 bits per heavy atom. The van der Waals surface area contributed by atoms with Crippen LogP contribution in [0.3, 0.4) is 0 Å². The summed E-state index contributed by atoms with van der Waals surface area (Å²) in [5.74, 6) is -2.12. The summed E-state index contributed by atoms with van der Waals surface area (Å²) in [6.45, 7) is -0.796. The number of rotatable bonds is 4. The van der Waals surface area contributed by atoms with Gasteiger partial charge in [-0.1, -0.05) is 0 Å². The highest BCUT2D eigenvalue weighted by molar-refractivity contribution is 5.84. The van der Waals surface area contributed by atoms with Crippen molar-refractivity contribution in [3.63, 3.8) is 0 Å². The number of hydrogen-bond acceptors (Lipinski definition) is 7. The molecule has 0 aromatic heterocycles. The van der Waals surface area contributed by atoms with E-state index in [1.165, 1.54) is 0 Å². The number of aliphatic carboxylic acids is 1. The van der Waals surface area contributed by atoms with Gasteiger partial charge in [0.25, 0.3) is 0 Å². The first-order valence-corrected chi connectivity index (χ1v) is 4.83. The molecule has 8 heteroatoms. The van der Waals surface area contributed by atoms with Crippen molar-refractivity contribution in [3.8, 4) is 0 Å². The fourth-order valence-corrected chi connectivity index (χ4v) is 1.42. The monoisotopic (exact) mass is 250 g/mol. The summed E-state index contributed by atoms with van der Waals surface area (Å²) in [6, 6.07) is 0. The molecule has 98 valence electrons. The Bertz CT molecular complexity index is 314. The molecule has 8 nitrogen and oxygen atoms in total. The molecule has 17 heavy (non-hydrogen) atoms. The van der Waals surface area contributed by atoms with E-state index < -0.39 is 48.9 Å². The molecule has 6 N–H and O–H groups in total. The smallest absolute Gasteiger partial charge is 0.370 e. The topological polar surface area (TPSA) is 148 Å². The fourth-order valence-electron chi connectivity index (χ4n) is 1.42. The molecule has 0 amide bonds. The maximum Gasteiger partial charge on any atom is 0.370 e. The average molecular weight is 250 g/mol. The number of hydrogen-bond donors (Lipinski definition) is 6. The van der Waals surface area contributed by atoms with Crippen molar-refractivity contribution in [3.05, 3.63) is 11.8 Å². The van der Waals surface area contributed by atoms with Crippen LogP contribution in [0.5, 0.6) is 0 Å². The lowest BCUT2D eigenvalue weighted by molar-refractivity contribution is -0.164. The van der Waals surface area contributed by atoms with Crippen LogP contribution >= 0.6 is 0 Å². The maximum absolute atomic E-state index is 10.6. The molecule has 0 bridgehead atoms. The molecule has 0 saturated carbocycles. The zero-order valence-corrected chi connectivity index (χ0v) is 8.67. The highest BCUT2D eigenvalue weighted by atomic mass is 16.5. The van der Waals surface area contributed by atoms with Gasteiger partial charge >= 0.3 is 5.97 Å². The van der Waals surface area contributed by atoms with Gasteiger partial charge in [0, 0.05) is 0 Å². The minimum atomic E-state index is -1.73. The van der Waals surface area contributed by atoms with Gasteiger partial charge in [-0.3, -0.25) is 0 Å². The highest BCUT2D eigenvalue weighted by Gasteiger charge is 2.41. The standard InChI is InChI=1S/C9H14O8/c10-2-4(12)7(14)8-6(13)3(11)1-5(17-8)9(15)16/h1,3-4,6-8,10-14H,2H2,(H,15,16)/t3?,4-,6?,7-,8?/m0/s1. The molecule has 0 aromatic carbocycles. The summed E-state index contributed by atoms with van der Waals surface area (Å²) in [6.07, 6.45) is -7.25. The first-order chi connectivity index (χ1) is 7.88. The second kappa shape index (κ2) is 5.43. The van der Waals surface area contributed by atoms with Crippen molar-refractivity contribution in [1.29, 1.82) is 0 Å². The summed E-state index contributed by atoms with van der Waals surface area (Å²) in [5, 5.41) is 54.8.